The van der Waals surface area contributed by atoms with E-state index < -0.39 is 0 Å². The van der Waals surface area contributed by atoms with Crippen LogP contribution in [0.4, 0.5) is 0 Å². The zero-order valence-electron chi connectivity index (χ0n) is 17.5. The van der Waals surface area contributed by atoms with E-state index in [0.717, 1.165) is 51.7 Å². The molecule has 2 aliphatic rings. The first kappa shape index (κ1) is 20.1. The Bertz CT molecular complexity index is 776. The van der Waals surface area contributed by atoms with Crippen molar-refractivity contribution in [3.05, 3.63) is 47.8 Å². The fraction of sp³-hybridized carbons (Fsp3) is 0.609. The number of carbonyl (C=O) groups is 1. The Morgan fingerprint density at radius 2 is 1.79 bits per heavy atom. The zero-order valence-corrected chi connectivity index (χ0v) is 17.5. The van der Waals surface area contributed by atoms with Gasteiger partial charge in [-0.15, -0.1) is 5.10 Å². The van der Waals surface area contributed by atoms with Crippen LogP contribution in [-0.2, 0) is 6.42 Å². The van der Waals surface area contributed by atoms with Crippen LogP contribution in [0.2, 0.25) is 0 Å². The van der Waals surface area contributed by atoms with Crippen molar-refractivity contribution in [1.29, 1.82) is 0 Å². The van der Waals surface area contributed by atoms with E-state index in [1.165, 1.54) is 24.8 Å². The minimum absolute atomic E-state index is 0.0394. The van der Waals surface area contributed by atoms with E-state index >= 15 is 0 Å². The monoisotopic (exact) mass is 395 g/mol. The second kappa shape index (κ2) is 9.53. The largest absolute Gasteiger partial charge is 0.334 e. The molecule has 1 amide bonds. The summed E-state index contributed by atoms with van der Waals surface area (Å²) in [5.74, 6) is 0.0394. The molecule has 2 fully saturated rings. The Morgan fingerprint density at radius 3 is 2.52 bits per heavy atom. The van der Waals surface area contributed by atoms with Crippen LogP contribution in [0, 0.1) is 0 Å². The summed E-state index contributed by atoms with van der Waals surface area (Å²) in [7, 11) is 2.15. The van der Waals surface area contributed by atoms with Gasteiger partial charge in [0.2, 0.25) is 0 Å². The molecule has 1 aliphatic heterocycles. The molecule has 1 aromatic heterocycles. The maximum atomic E-state index is 13.4. The normalized spacial score (nSPS) is 19.3. The van der Waals surface area contributed by atoms with Crippen LogP contribution in [0.25, 0.3) is 0 Å². The zero-order chi connectivity index (χ0) is 20.1. The smallest absolute Gasteiger partial charge is 0.276 e. The Hall–Kier alpha value is -2.21. The summed E-state index contributed by atoms with van der Waals surface area (Å²) >= 11 is 0. The lowest BCUT2D eigenvalue weighted by atomic mass is 9.96. The molecule has 0 spiro atoms. The van der Waals surface area contributed by atoms with Gasteiger partial charge in [-0.25, -0.2) is 4.68 Å². The van der Waals surface area contributed by atoms with Crippen molar-refractivity contribution in [1.82, 2.24) is 24.8 Å². The second-order valence-corrected chi connectivity index (χ2v) is 8.64. The summed E-state index contributed by atoms with van der Waals surface area (Å²) in [4.78, 5) is 17.8. The number of piperidine rings is 1. The van der Waals surface area contributed by atoms with E-state index in [1.807, 2.05) is 16.9 Å². The Morgan fingerprint density at radius 1 is 1.07 bits per heavy atom. The van der Waals surface area contributed by atoms with Crippen LogP contribution in [0.1, 0.15) is 67.0 Å². The molecule has 1 saturated heterocycles. The van der Waals surface area contributed by atoms with Gasteiger partial charge in [0.1, 0.15) is 0 Å². The van der Waals surface area contributed by atoms with E-state index in [4.69, 9.17) is 0 Å². The standard InChI is InChI=1S/C23H33N5O/c1-26-15-13-20(14-16-26)27(17-12-19-8-4-2-5-9-19)23(29)22-18-28(25-24-22)21-10-6-3-7-11-21/h2,4-5,8-9,18,20-21H,3,6-7,10-17H2,1H3. The molecule has 2 aromatic rings. The number of hydrogen-bond acceptors (Lipinski definition) is 4. The van der Waals surface area contributed by atoms with Gasteiger partial charge in [0.15, 0.2) is 5.69 Å². The van der Waals surface area contributed by atoms with E-state index in [1.54, 1.807) is 0 Å². The molecule has 29 heavy (non-hydrogen) atoms. The predicted octanol–water partition coefficient (Wildman–Crippen LogP) is 3.56. The molecule has 1 aliphatic carbocycles. The molecule has 4 rings (SSSR count). The lowest BCUT2D eigenvalue weighted by Crippen LogP contribution is -2.47. The van der Waals surface area contributed by atoms with Crippen molar-refractivity contribution in [2.24, 2.45) is 0 Å². The average Bonchev–Trinajstić information content (AvgIpc) is 3.27. The van der Waals surface area contributed by atoms with E-state index in [-0.39, 0.29) is 11.9 Å². The fourth-order valence-corrected chi connectivity index (χ4v) is 4.70. The van der Waals surface area contributed by atoms with Crippen molar-refractivity contribution in [2.45, 2.75) is 63.5 Å². The molecule has 0 bridgehead atoms. The Labute approximate surface area is 173 Å². The van der Waals surface area contributed by atoms with Crippen LogP contribution in [0.15, 0.2) is 36.5 Å². The fourth-order valence-electron chi connectivity index (χ4n) is 4.70. The highest BCUT2D eigenvalue weighted by atomic mass is 16.2. The maximum absolute atomic E-state index is 13.4. The summed E-state index contributed by atoms with van der Waals surface area (Å²) < 4.78 is 1.94. The second-order valence-electron chi connectivity index (χ2n) is 8.64. The number of hydrogen-bond donors (Lipinski definition) is 0. The Kier molecular flexibility index (Phi) is 6.60. The number of likely N-dealkylation sites (tertiary alicyclic amines) is 1. The van der Waals surface area contributed by atoms with Crippen LogP contribution in [-0.4, -0.2) is 63.4 Å². The van der Waals surface area contributed by atoms with E-state index in [9.17, 15) is 4.79 Å². The van der Waals surface area contributed by atoms with Crippen LogP contribution >= 0.6 is 0 Å². The SMILES string of the molecule is CN1CCC(N(CCc2ccccc2)C(=O)c2cn(C3CCCCC3)nn2)CC1. The minimum atomic E-state index is 0.0394. The lowest BCUT2D eigenvalue weighted by molar-refractivity contribution is 0.0588. The summed E-state index contributed by atoms with van der Waals surface area (Å²) in [5, 5.41) is 8.62. The van der Waals surface area contributed by atoms with Gasteiger partial charge in [-0.2, -0.15) is 0 Å². The molecular formula is C23H33N5O. The average molecular weight is 396 g/mol. The molecule has 156 valence electrons. The van der Waals surface area contributed by atoms with Crippen LogP contribution < -0.4 is 0 Å². The summed E-state index contributed by atoms with van der Waals surface area (Å²) in [5.41, 5.74) is 1.77. The van der Waals surface area contributed by atoms with E-state index in [2.05, 4.69) is 51.4 Å². The third-order valence-electron chi connectivity index (χ3n) is 6.55. The van der Waals surface area contributed by atoms with E-state index in [0.29, 0.717) is 11.7 Å². The van der Waals surface area contributed by atoms with Crippen molar-refractivity contribution in [3.8, 4) is 0 Å². The van der Waals surface area contributed by atoms with Crippen molar-refractivity contribution in [3.63, 3.8) is 0 Å². The number of amides is 1. The lowest BCUT2D eigenvalue weighted by Gasteiger charge is -2.37. The number of carbonyl (C=O) groups excluding carboxylic acids is 1. The third-order valence-corrected chi connectivity index (χ3v) is 6.55. The van der Waals surface area contributed by atoms with Crippen molar-refractivity contribution < 1.29 is 4.79 Å². The molecule has 2 heterocycles. The van der Waals surface area contributed by atoms with Crippen molar-refractivity contribution >= 4 is 5.91 Å². The van der Waals surface area contributed by atoms with Gasteiger partial charge in [-0.1, -0.05) is 54.8 Å². The molecule has 6 heteroatoms. The molecule has 0 atom stereocenters. The van der Waals surface area contributed by atoms with Crippen LogP contribution in [0.5, 0.6) is 0 Å². The maximum Gasteiger partial charge on any atom is 0.276 e. The Balaban J connectivity index is 1.48. The molecule has 0 radical (unpaired) electrons. The first-order valence-electron chi connectivity index (χ1n) is 11.2. The molecular weight excluding hydrogens is 362 g/mol. The molecule has 0 N–H and O–H groups in total. The van der Waals surface area contributed by atoms with Gasteiger partial charge in [0.05, 0.1) is 12.2 Å². The molecule has 1 aromatic carbocycles. The first-order chi connectivity index (χ1) is 14.2. The van der Waals surface area contributed by atoms with Gasteiger partial charge in [0.25, 0.3) is 5.91 Å². The van der Waals surface area contributed by atoms with Gasteiger partial charge in [-0.3, -0.25) is 4.79 Å². The topological polar surface area (TPSA) is 54.3 Å². The third kappa shape index (κ3) is 5.04. The molecule has 0 unspecified atom stereocenters. The van der Waals surface area contributed by atoms with Gasteiger partial charge in [-0.05, 0) is 57.8 Å². The first-order valence-corrected chi connectivity index (χ1v) is 11.2. The highest BCUT2D eigenvalue weighted by Gasteiger charge is 2.29. The molecule has 6 nitrogen and oxygen atoms in total. The summed E-state index contributed by atoms with van der Waals surface area (Å²) in [6.45, 7) is 2.80. The quantitative estimate of drug-likeness (QED) is 0.750. The summed E-state index contributed by atoms with van der Waals surface area (Å²) in [6.07, 6.45) is 10.9. The van der Waals surface area contributed by atoms with Gasteiger partial charge >= 0.3 is 0 Å². The van der Waals surface area contributed by atoms with Crippen molar-refractivity contribution in [2.75, 3.05) is 26.7 Å². The number of benzene rings is 1. The van der Waals surface area contributed by atoms with Gasteiger partial charge in [0, 0.05) is 12.6 Å². The number of rotatable bonds is 6. The van der Waals surface area contributed by atoms with Crippen LogP contribution in [0.3, 0.4) is 0 Å². The number of nitrogens with zero attached hydrogens (tertiary/aromatic N) is 5. The summed E-state index contributed by atoms with van der Waals surface area (Å²) in [6, 6.07) is 11.1. The molecule has 1 saturated carbocycles. The highest BCUT2D eigenvalue weighted by Crippen LogP contribution is 2.27. The predicted molar refractivity (Wildman–Crippen MR) is 114 cm³/mol. The minimum Gasteiger partial charge on any atom is -0.334 e. The highest BCUT2D eigenvalue weighted by molar-refractivity contribution is 5.92. The number of aromatic nitrogens is 3. The van der Waals surface area contributed by atoms with Gasteiger partial charge < -0.3 is 9.80 Å².